The summed E-state index contributed by atoms with van der Waals surface area (Å²) in [6.07, 6.45) is 1.60. The summed E-state index contributed by atoms with van der Waals surface area (Å²) in [6.45, 7) is 1.49. The smallest absolute Gasteiger partial charge is 0.242 e. The maximum atomic E-state index is 13.4. The van der Waals surface area contributed by atoms with Gasteiger partial charge in [0.1, 0.15) is 17.3 Å². The van der Waals surface area contributed by atoms with Gasteiger partial charge in [0.05, 0.1) is 12.8 Å². The number of nitrogens with zero attached hydrogens (tertiary/aromatic N) is 3. The van der Waals surface area contributed by atoms with E-state index >= 15 is 0 Å². The molecule has 4 aromatic rings. The fourth-order valence-corrected chi connectivity index (χ4v) is 4.30. The zero-order valence-electron chi connectivity index (χ0n) is 18.1. The molecule has 7 nitrogen and oxygen atoms in total. The Morgan fingerprint density at radius 1 is 1.00 bits per heavy atom. The summed E-state index contributed by atoms with van der Waals surface area (Å²) in [5, 5.41) is 11.2. The number of hydrogen-bond acceptors (Lipinski definition) is 6. The van der Waals surface area contributed by atoms with Gasteiger partial charge in [0.2, 0.25) is 5.91 Å². The summed E-state index contributed by atoms with van der Waals surface area (Å²) in [5.41, 5.74) is 2.74. The number of methoxy groups -OCH3 is 1. The molecule has 0 spiro atoms. The molecule has 1 amide bonds. The Hall–Kier alpha value is -3.91. The molecule has 1 unspecified atom stereocenters. The van der Waals surface area contributed by atoms with E-state index in [0.29, 0.717) is 22.2 Å². The molecule has 3 aromatic carbocycles. The number of nitrogens with one attached hydrogen (secondary N) is 1. The molecule has 0 aliphatic heterocycles. The molecule has 1 N–H and O–H groups in total. The summed E-state index contributed by atoms with van der Waals surface area (Å²) in [4.78, 5) is 25.1. The summed E-state index contributed by atoms with van der Waals surface area (Å²) in [5.74, 6) is 0.415. The Labute approximate surface area is 195 Å². The van der Waals surface area contributed by atoms with Crippen LogP contribution in [-0.2, 0) is 4.79 Å². The first-order valence-corrected chi connectivity index (χ1v) is 11.1. The molecule has 8 heteroatoms. The normalized spacial score (nSPS) is 11.6. The number of thioether (sulfide) groups is 1. The van der Waals surface area contributed by atoms with Crippen LogP contribution in [0.1, 0.15) is 28.1 Å². The molecule has 4 rings (SSSR count). The van der Waals surface area contributed by atoms with Crippen molar-refractivity contribution in [2.75, 3.05) is 12.4 Å². The van der Waals surface area contributed by atoms with Crippen molar-refractivity contribution >= 4 is 29.1 Å². The molecule has 166 valence electrons. The molecular formula is C25H22N4O3S. The van der Waals surface area contributed by atoms with Crippen LogP contribution < -0.4 is 10.1 Å². The van der Waals surface area contributed by atoms with E-state index in [2.05, 4.69) is 15.5 Å². The number of amides is 1. The number of carbonyl (C=O) groups excluding carboxylic acids is 2. The first-order chi connectivity index (χ1) is 16.0. The quantitative estimate of drug-likeness (QED) is 0.297. The van der Waals surface area contributed by atoms with Gasteiger partial charge in [-0.2, -0.15) is 0 Å². The SMILES string of the molecule is COc1cccc(-n2cnnc2SC(C(=O)Nc2cccc(C(C)=O)c2)c2ccccc2)c1. The minimum atomic E-state index is -0.597. The van der Waals surface area contributed by atoms with E-state index in [1.54, 1.807) is 37.7 Å². The van der Waals surface area contributed by atoms with Crippen LogP contribution >= 0.6 is 11.8 Å². The molecule has 1 aromatic heterocycles. The van der Waals surface area contributed by atoms with Crippen molar-refractivity contribution in [2.45, 2.75) is 17.3 Å². The van der Waals surface area contributed by atoms with Crippen LogP contribution in [0, 0.1) is 0 Å². The maximum Gasteiger partial charge on any atom is 0.242 e. The third-order valence-corrected chi connectivity index (χ3v) is 6.16. The van der Waals surface area contributed by atoms with Crippen LogP contribution in [0.3, 0.4) is 0 Å². The van der Waals surface area contributed by atoms with Gasteiger partial charge >= 0.3 is 0 Å². The predicted molar refractivity (Wildman–Crippen MR) is 128 cm³/mol. The van der Waals surface area contributed by atoms with Crippen LogP contribution in [0.15, 0.2) is 90.3 Å². The van der Waals surface area contributed by atoms with E-state index < -0.39 is 5.25 Å². The van der Waals surface area contributed by atoms with Gasteiger partial charge in [-0.1, -0.05) is 60.3 Å². The second-order valence-corrected chi connectivity index (χ2v) is 8.29. The van der Waals surface area contributed by atoms with Crippen molar-refractivity contribution in [2.24, 2.45) is 0 Å². The van der Waals surface area contributed by atoms with Crippen LogP contribution in [-0.4, -0.2) is 33.6 Å². The molecule has 1 heterocycles. The van der Waals surface area contributed by atoms with Crippen molar-refractivity contribution in [3.63, 3.8) is 0 Å². The summed E-state index contributed by atoms with van der Waals surface area (Å²) >= 11 is 1.29. The summed E-state index contributed by atoms with van der Waals surface area (Å²) in [7, 11) is 1.61. The topological polar surface area (TPSA) is 86.1 Å². The highest BCUT2D eigenvalue weighted by Crippen LogP contribution is 2.36. The molecule has 0 aliphatic carbocycles. The first-order valence-electron chi connectivity index (χ1n) is 10.2. The molecule has 0 bridgehead atoms. The van der Waals surface area contributed by atoms with E-state index in [1.165, 1.54) is 18.7 Å². The highest BCUT2D eigenvalue weighted by Gasteiger charge is 2.25. The van der Waals surface area contributed by atoms with Gasteiger partial charge in [-0.15, -0.1) is 10.2 Å². The number of Topliss-reactive ketones (excluding diaryl/α,β-unsaturated/α-hetero) is 1. The lowest BCUT2D eigenvalue weighted by Crippen LogP contribution is -2.19. The Kier molecular flexibility index (Phi) is 6.85. The number of ketones is 1. The zero-order chi connectivity index (χ0) is 23.2. The van der Waals surface area contributed by atoms with Gasteiger partial charge in [-0.3, -0.25) is 14.2 Å². The second-order valence-electron chi connectivity index (χ2n) is 7.22. The lowest BCUT2D eigenvalue weighted by molar-refractivity contribution is -0.115. The van der Waals surface area contributed by atoms with Gasteiger partial charge in [0.15, 0.2) is 10.9 Å². The van der Waals surface area contributed by atoms with Crippen molar-refractivity contribution in [1.29, 1.82) is 0 Å². The van der Waals surface area contributed by atoms with Gasteiger partial charge in [-0.05, 0) is 36.8 Å². The van der Waals surface area contributed by atoms with E-state index in [0.717, 1.165) is 11.3 Å². The molecule has 0 saturated heterocycles. The Morgan fingerprint density at radius 2 is 1.79 bits per heavy atom. The number of aromatic nitrogens is 3. The first kappa shape index (κ1) is 22.3. The van der Waals surface area contributed by atoms with Gasteiger partial charge in [0.25, 0.3) is 0 Å². The molecular weight excluding hydrogens is 436 g/mol. The van der Waals surface area contributed by atoms with Crippen LogP contribution in [0.5, 0.6) is 5.75 Å². The monoisotopic (exact) mass is 458 g/mol. The predicted octanol–water partition coefficient (Wildman–Crippen LogP) is 4.95. The van der Waals surface area contributed by atoms with Crippen LogP contribution in [0.4, 0.5) is 5.69 Å². The summed E-state index contributed by atoms with van der Waals surface area (Å²) < 4.78 is 7.14. The van der Waals surface area contributed by atoms with E-state index in [-0.39, 0.29) is 11.7 Å². The van der Waals surface area contributed by atoms with Crippen LogP contribution in [0.2, 0.25) is 0 Å². The maximum absolute atomic E-state index is 13.4. The molecule has 0 saturated carbocycles. The number of benzene rings is 3. The Balaban J connectivity index is 1.64. The Morgan fingerprint density at radius 3 is 2.55 bits per heavy atom. The minimum absolute atomic E-state index is 0.0634. The molecule has 0 radical (unpaired) electrons. The van der Waals surface area contributed by atoms with Crippen molar-refractivity contribution in [3.8, 4) is 11.4 Å². The third kappa shape index (κ3) is 5.30. The number of ether oxygens (including phenoxy) is 1. The average Bonchev–Trinajstić information content (AvgIpc) is 3.31. The highest BCUT2D eigenvalue weighted by atomic mass is 32.2. The zero-order valence-corrected chi connectivity index (χ0v) is 19.0. The number of anilines is 1. The number of rotatable bonds is 8. The second kappa shape index (κ2) is 10.1. The third-order valence-electron chi connectivity index (χ3n) is 4.95. The molecule has 33 heavy (non-hydrogen) atoms. The lowest BCUT2D eigenvalue weighted by Gasteiger charge is -2.17. The Bertz CT molecular complexity index is 1270. The van der Waals surface area contributed by atoms with Crippen molar-refractivity contribution in [3.05, 3.63) is 96.3 Å². The van der Waals surface area contributed by atoms with Gasteiger partial charge in [-0.25, -0.2) is 0 Å². The minimum Gasteiger partial charge on any atom is -0.497 e. The highest BCUT2D eigenvalue weighted by molar-refractivity contribution is 8.00. The molecule has 0 aliphatic rings. The fourth-order valence-electron chi connectivity index (χ4n) is 3.27. The molecule has 1 atom stereocenters. The van der Waals surface area contributed by atoms with Gasteiger partial charge < -0.3 is 10.1 Å². The van der Waals surface area contributed by atoms with E-state index in [1.807, 2.05) is 59.2 Å². The number of carbonyl (C=O) groups is 2. The van der Waals surface area contributed by atoms with E-state index in [4.69, 9.17) is 4.74 Å². The average molecular weight is 459 g/mol. The van der Waals surface area contributed by atoms with Crippen molar-refractivity contribution in [1.82, 2.24) is 14.8 Å². The number of hydrogen-bond donors (Lipinski definition) is 1. The largest absolute Gasteiger partial charge is 0.497 e. The van der Waals surface area contributed by atoms with Crippen LogP contribution in [0.25, 0.3) is 5.69 Å². The fraction of sp³-hybridized carbons (Fsp3) is 0.120. The lowest BCUT2D eigenvalue weighted by atomic mass is 10.1. The van der Waals surface area contributed by atoms with E-state index in [9.17, 15) is 9.59 Å². The standard InChI is InChI=1S/C25H22N4O3S/c1-17(30)19-10-6-11-20(14-19)27-24(31)23(18-8-4-3-5-9-18)33-25-28-26-16-29(25)21-12-7-13-22(15-21)32-2/h3-16,23H,1-2H3,(H,27,31). The summed E-state index contributed by atoms with van der Waals surface area (Å²) in [6, 6.07) is 23.9. The van der Waals surface area contributed by atoms with Crippen molar-refractivity contribution < 1.29 is 14.3 Å². The molecule has 0 fully saturated rings. The van der Waals surface area contributed by atoms with Gasteiger partial charge in [0, 0.05) is 17.3 Å².